The zero-order chi connectivity index (χ0) is 30.3. The number of ether oxygens (including phenoxy) is 2. The van der Waals surface area contributed by atoms with Gasteiger partial charge in [0.2, 0.25) is 11.8 Å². The second-order valence-electron chi connectivity index (χ2n) is 10.2. The number of hydrogen-bond donors (Lipinski definition) is 1. The first-order valence-electron chi connectivity index (χ1n) is 13.9. The summed E-state index contributed by atoms with van der Waals surface area (Å²) in [6, 6.07) is 17.6. The molecule has 0 aromatic heterocycles. The number of nitrogens with one attached hydrogen (secondary N) is 1. The summed E-state index contributed by atoms with van der Waals surface area (Å²) in [6.07, 6.45) is 0.786. The molecule has 0 spiro atoms. The molecular formula is C31H36FN3O6S. The molecular weight excluding hydrogens is 561 g/mol. The van der Waals surface area contributed by atoms with Crippen LogP contribution >= 0.6 is 0 Å². The van der Waals surface area contributed by atoms with Gasteiger partial charge in [-0.1, -0.05) is 37.3 Å². The van der Waals surface area contributed by atoms with Gasteiger partial charge in [-0.3, -0.25) is 13.9 Å². The molecule has 3 aromatic rings. The molecule has 1 aliphatic heterocycles. The second kappa shape index (κ2) is 13.7. The van der Waals surface area contributed by atoms with Crippen molar-refractivity contribution in [2.24, 2.45) is 0 Å². The summed E-state index contributed by atoms with van der Waals surface area (Å²) >= 11 is 0. The minimum Gasteiger partial charge on any atom is -0.486 e. The summed E-state index contributed by atoms with van der Waals surface area (Å²) in [4.78, 5) is 28.5. The predicted octanol–water partition coefficient (Wildman–Crippen LogP) is 4.17. The highest BCUT2D eigenvalue weighted by Gasteiger charge is 2.34. The highest BCUT2D eigenvalue weighted by molar-refractivity contribution is 7.92. The van der Waals surface area contributed by atoms with E-state index in [9.17, 15) is 22.4 Å². The summed E-state index contributed by atoms with van der Waals surface area (Å²) < 4.78 is 54.0. The Balaban J connectivity index is 1.70. The number of amides is 2. The van der Waals surface area contributed by atoms with Crippen LogP contribution in [-0.4, -0.2) is 63.5 Å². The number of nitrogens with zero attached hydrogens (tertiary/aromatic N) is 2. The number of carbonyl (C=O) groups is 2. The van der Waals surface area contributed by atoms with Crippen molar-refractivity contribution < 1.29 is 31.9 Å². The first-order valence-corrected chi connectivity index (χ1v) is 15.4. The van der Waals surface area contributed by atoms with Crippen LogP contribution in [0.15, 0.2) is 77.7 Å². The monoisotopic (exact) mass is 597 g/mol. The van der Waals surface area contributed by atoms with Crippen LogP contribution in [0.3, 0.4) is 0 Å². The van der Waals surface area contributed by atoms with Gasteiger partial charge in [-0.25, -0.2) is 12.8 Å². The van der Waals surface area contributed by atoms with Crippen LogP contribution in [0.25, 0.3) is 0 Å². The average molecular weight is 598 g/mol. The van der Waals surface area contributed by atoms with Crippen molar-refractivity contribution in [3.8, 4) is 11.5 Å². The quantitative estimate of drug-likeness (QED) is 0.336. The maximum Gasteiger partial charge on any atom is 0.264 e. The van der Waals surface area contributed by atoms with Crippen molar-refractivity contribution in [2.45, 2.75) is 50.6 Å². The number of anilines is 1. The Hall–Kier alpha value is -4.12. The van der Waals surface area contributed by atoms with Crippen LogP contribution < -0.4 is 19.1 Å². The van der Waals surface area contributed by atoms with E-state index in [2.05, 4.69) is 5.32 Å². The number of fused-ring (bicyclic) bond motifs is 1. The Morgan fingerprint density at radius 3 is 2.26 bits per heavy atom. The van der Waals surface area contributed by atoms with E-state index in [-0.39, 0.29) is 41.4 Å². The largest absolute Gasteiger partial charge is 0.486 e. The number of carbonyl (C=O) groups excluding carboxylic acids is 2. The lowest BCUT2D eigenvalue weighted by Gasteiger charge is -2.33. The topological polar surface area (TPSA) is 105 Å². The van der Waals surface area contributed by atoms with Crippen LogP contribution in [0.5, 0.6) is 11.5 Å². The van der Waals surface area contributed by atoms with Gasteiger partial charge in [-0.15, -0.1) is 0 Å². The van der Waals surface area contributed by atoms with E-state index in [0.717, 1.165) is 22.0 Å². The summed E-state index contributed by atoms with van der Waals surface area (Å²) in [5.41, 5.74) is 1.07. The molecule has 0 radical (unpaired) electrons. The fourth-order valence-electron chi connectivity index (χ4n) is 4.72. The average Bonchev–Trinajstić information content (AvgIpc) is 2.98. The maximum absolute atomic E-state index is 14.0. The van der Waals surface area contributed by atoms with Gasteiger partial charge >= 0.3 is 0 Å². The fourth-order valence-corrected chi connectivity index (χ4v) is 6.15. The molecule has 0 fully saturated rings. The van der Waals surface area contributed by atoms with Crippen molar-refractivity contribution in [2.75, 3.05) is 30.6 Å². The lowest BCUT2D eigenvalue weighted by atomic mass is 10.1. The first kappa shape index (κ1) is 30.8. The molecule has 4 rings (SSSR count). The Bertz CT molecular complexity index is 1480. The van der Waals surface area contributed by atoms with E-state index in [4.69, 9.17) is 9.47 Å². The van der Waals surface area contributed by atoms with Gasteiger partial charge in [-0.05, 0) is 68.7 Å². The molecule has 224 valence electrons. The highest BCUT2D eigenvalue weighted by Crippen LogP contribution is 2.34. The number of hydrogen-bond acceptors (Lipinski definition) is 6. The summed E-state index contributed by atoms with van der Waals surface area (Å²) in [5.74, 6) is -0.756. The van der Waals surface area contributed by atoms with Crippen LogP contribution in [-0.2, 0) is 26.0 Å². The molecule has 1 heterocycles. The number of halogens is 1. The Kier molecular flexibility index (Phi) is 10.1. The third kappa shape index (κ3) is 7.39. The third-order valence-corrected chi connectivity index (χ3v) is 8.57. The van der Waals surface area contributed by atoms with Gasteiger partial charge in [0, 0.05) is 18.7 Å². The van der Waals surface area contributed by atoms with Crippen molar-refractivity contribution >= 4 is 27.5 Å². The van der Waals surface area contributed by atoms with Gasteiger partial charge in [0.15, 0.2) is 11.5 Å². The van der Waals surface area contributed by atoms with Crippen molar-refractivity contribution in [1.29, 1.82) is 0 Å². The Morgan fingerprint density at radius 2 is 1.62 bits per heavy atom. The number of benzene rings is 3. The van der Waals surface area contributed by atoms with Gasteiger partial charge in [-0.2, -0.15) is 0 Å². The lowest BCUT2D eigenvalue weighted by Crippen LogP contribution is -2.54. The van der Waals surface area contributed by atoms with Crippen molar-refractivity contribution in [3.63, 3.8) is 0 Å². The van der Waals surface area contributed by atoms with E-state index in [1.807, 2.05) is 44.2 Å². The van der Waals surface area contributed by atoms with Crippen molar-refractivity contribution in [3.05, 3.63) is 84.2 Å². The SMILES string of the molecule is CC[C@@H](C(=O)NC(C)C)N(CCc1ccccc1)C(=O)CN(c1ccc(F)cc1)S(=O)(=O)c1ccc2c(c1)OCCO2. The molecule has 42 heavy (non-hydrogen) atoms. The molecule has 1 N–H and O–H groups in total. The summed E-state index contributed by atoms with van der Waals surface area (Å²) in [7, 11) is -4.34. The summed E-state index contributed by atoms with van der Waals surface area (Å²) in [5, 5.41) is 2.87. The molecule has 0 saturated carbocycles. The standard InChI is InChI=1S/C31H36FN3O6S/c1-4-27(31(37)33-22(2)3)34(17-16-23-8-6-5-7-9-23)30(36)21-35(25-12-10-24(32)11-13-25)42(38,39)26-14-15-28-29(20-26)41-19-18-40-28/h5-15,20,22,27H,4,16-19,21H2,1-3H3,(H,33,37)/t27-/m0/s1. The predicted molar refractivity (Wildman–Crippen MR) is 158 cm³/mol. The van der Waals surface area contributed by atoms with E-state index in [1.54, 1.807) is 6.92 Å². The lowest BCUT2D eigenvalue weighted by molar-refractivity contribution is -0.139. The Labute approximate surface area is 246 Å². The van der Waals surface area contributed by atoms with Crippen molar-refractivity contribution in [1.82, 2.24) is 10.2 Å². The van der Waals surface area contributed by atoms with Gasteiger partial charge < -0.3 is 19.7 Å². The smallest absolute Gasteiger partial charge is 0.264 e. The highest BCUT2D eigenvalue weighted by atomic mass is 32.2. The molecule has 0 aliphatic carbocycles. The van der Waals surface area contributed by atoms with Crippen LogP contribution in [0.1, 0.15) is 32.8 Å². The molecule has 0 saturated heterocycles. The summed E-state index contributed by atoms with van der Waals surface area (Å²) in [6.45, 7) is 5.66. The normalized spacial score (nSPS) is 13.4. The fraction of sp³-hybridized carbons (Fsp3) is 0.355. The molecule has 9 nitrogen and oxygen atoms in total. The molecule has 0 bridgehead atoms. The zero-order valence-corrected chi connectivity index (χ0v) is 24.8. The van der Waals surface area contributed by atoms with E-state index in [1.165, 1.54) is 35.2 Å². The third-order valence-electron chi connectivity index (χ3n) is 6.80. The number of rotatable bonds is 12. The molecule has 1 atom stereocenters. The first-order chi connectivity index (χ1) is 20.1. The second-order valence-corrected chi connectivity index (χ2v) is 12.1. The Morgan fingerprint density at radius 1 is 0.952 bits per heavy atom. The molecule has 1 aliphatic rings. The van der Waals surface area contributed by atoms with E-state index >= 15 is 0 Å². The van der Waals surface area contributed by atoms with E-state index in [0.29, 0.717) is 25.2 Å². The molecule has 3 aromatic carbocycles. The zero-order valence-electron chi connectivity index (χ0n) is 24.0. The van der Waals surface area contributed by atoms with Gasteiger partial charge in [0.25, 0.3) is 10.0 Å². The minimum atomic E-state index is -4.34. The van der Waals surface area contributed by atoms with Crippen LogP contribution in [0.4, 0.5) is 10.1 Å². The number of sulfonamides is 1. The van der Waals surface area contributed by atoms with E-state index < -0.39 is 34.3 Å². The minimum absolute atomic E-state index is 0.0994. The van der Waals surface area contributed by atoms with Crippen LogP contribution in [0, 0.1) is 5.82 Å². The van der Waals surface area contributed by atoms with Crippen LogP contribution in [0.2, 0.25) is 0 Å². The van der Waals surface area contributed by atoms with Gasteiger partial charge in [0.1, 0.15) is 31.6 Å². The molecule has 2 amide bonds. The molecule has 0 unspecified atom stereocenters. The molecule has 11 heteroatoms. The maximum atomic E-state index is 14.0. The van der Waals surface area contributed by atoms with Gasteiger partial charge in [0.05, 0.1) is 10.6 Å².